The van der Waals surface area contributed by atoms with Crippen LogP contribution < -0.4 is 5.32 Å². The molecule has 4 nitrogen and oxygen atoms in total. The molecule has 1 N–H and O–H groups in total. The van der Waals surface area contributed by atoms with Crippen LogP contribution in [0, 0.1) is 30.6 Å². The van der Waals surface area contributed by atoms with Crippen LogP contribution in [0.15, 0.2) is 23.4 Å². The number of carbonyl (C=O) groups excluding carboxylic acids is 1. The number of hydrogen-bond donors (Lipinski definition) is 1. The number of fused-ring (bicyclic) bond motifs is 2. The van der Waals surface area contributed by atoms with Crippen LogP contribution in [0.2, 0.25) is 0 Å². The minimum atomic E-state index is -0.166. The lowest BCUT2D eigenvalue weighted by atomic mass is 9.68. The second-order valence-electron chi connectivity index (χ2n) is 8.41. The van der Waals surface area contributed by atoms with Crippen molar-refractivity contribution in [3.05, 3.63) is 29.3 Å². The fourth-order valence-corrected chi connectivity index (χ4v) is 4.95. The third-order valence-electron chi connectivity index (χ3n) is 6.35. The number of benzene rings is 1. The maximum Gasteiger partial charge on any atom is 0.265 e. The van der Waals surface area contributed by atoms with Gasteiger partial charge in [0.15, 0.2) is 6.61 Å². The van der Waals surface area contributed by atoms with E-state index in [2.05, 4.69) is 37.3 Å². The monoisotopic (exact) mass is 342 g/mol. The van der Waals surface area contributed by atoms with E-state index in [9.17, 15) is 4.79 Å². The van der Waals surface area contributed by atoms with Gasteiger partial charge in [-0.15, -0.1) is 0 Å². The number of anilines is 1. The van der Waals surface area contributed by atoms with E-state index in [0.717, 1.165) is 28.9 Å². The normalized spacial score (nSPS) is 32.2. The molecule has 2 saturated carbocycles. The van der Waals surface area contributed by atoms with Crippen molar-refractivity contribution >= 4 is 17.3 Å². The molecular weight excluding hydrogens is 312 g/mol. The third kappa shape index (κ3) is 3.31. The van der Waals surface area contributed by atoms with Crippen LogP contribution in [0.4, 0.5) is 5.69 Å². The average Bonchev–Trinajstić information content (AvgIpc) is 3.01. The summed E-state index contributed by atoms with van der Waals surface area (Å²) >= 11 is 0. The summed E-state index contributed by atoms with van der Waals surface area (Å²) in [5, 5.41) is 7.37. The largest absolute Gasteiger partial charge is 0.386 e. The molecule has 0 radical (unpaired) electrons. The molecule has 2 fully saturated rings. The minimum Gasteiger partial charge on any atom is -0.386 e. The van der Waals surface area contributed by atoms with Gasteiger partial charge in [-0.05, 0) is 68.7 Å². The Kier molecular flexibility index (Phi) is 4.65. The molecule has 1 unspecified atom stereocenters. The van der Waals surface area contributed by atoms with E-state index in [4.69, 9.17) is 4.84 Å². The average molecular weight is 342 g/mol. The molecule has 1 amide bonds. The van der Waals surface area contributed by atoms with Crippen LogP contribution >= 0.6 is 0 Å². The minimum absolute atomic E-state index is 0.0446. The SMILES string of the molecule is CCC1(C)/C(=N/OCC(=O)Nc2cc(C)cc(C)c2)[C@@]2(C)CC[C@@H]1C2. The molecule has 0 aliphatic heterocycles. The molecule has 2 aliphatic rings. The molecule has 2 bridgehead atoms. The van der Waals surface area contributed by atoms with Crippen molar-refractivity contribution in [2.24, 2.45) is 21.9 Å². The van der Waals surface area contributed by atoms with Crippen molar-refractivity contribution in [2.45, 2.75) is 60.3 Å². The summed E-state index contributed by atoms with van der Waals surface area (Å²) in [6.45, 7) is 10.8. The molecule has 0 heterocycles. The highest BCUT2D eigenvalue weighted by molar-refractivity contribution is 5.98. The molecule has 25 heavy (non-hydrogen) atoms. The van der Waals surface area contributed by atoms with E-state index < -0.39 is 0 Å². The van der Waals surface area contributed by atoms with E-state index >= 15 is 0 Å². The maximum absolute atomic E-state index is 12.2. The Bertz CT molecular complexity index is 692. The number of nitrogens with zero attached hydrogens (tertiary/aromatic N) is 1. The zero-order valence-corrected chi connectivity index (χ0v) is 16.1. The Morgan fingerprint density at radius 2 is 1.96 bits per heavy atom. The van der Waals surface area contributed by atoms with Crippen molar-refractivity contribution in [3.8, 4) is 0 Å². The van der Waals surface area contributed by atoms with Crippen molar-refractivity contribution in [3.63, 3.8) is 0 Å². The summed E-state index contributed by atoms with van der Waals surface area (Å²) in [6, 6.07) is 6.00. The molecule has 3 rings (SSSR count). The van der Waals surface area contributed by atoms with Crippen LogP contribution in [0.1, 0.15) is 57.6 Å². The number of nitrogens with one attached hydrogen (secondary N) is 1. The van der Waals surface area contributed by atoms with Crippen LogP contribution in [-0.4, -0.2) is 18.2 Å². The van der Waals surface area contributed by atoms with Crippen molar-refractivity contribution < 1.29 is 9.63 Å². The summed E-state index contributed by atoms with van der Waals surface area (Å²) in [5.41, 5.74) is 4.51. The van der Waals surface area contributed by atoms with Crippen LogP contribution in [0.3, 0.4) is 0 Å². The molecule has 136 valence electrons. The smallest absolute Gasteiger partial charge is 0.265 e. The molecule has 0 aromatic heterocycles. The Balaban J connectivity index is 1.63. The zero-order chi connectivity index (χ0) is 18.2. The second kappa shape index (κ2) is 6.47. The lowest BCUT2D eigenvalue weighted by molar-refractivity contribution is -0.120. The predicted octanol–water partition coefficient (Wildman–Crippen LogP) is 4.85. The first-order valence-corrected chi connectivity index (χ1v) is 9.36. The molecule has 4 heteroatoms. The molecule has 1 aromatic carbocycles. The topological polar surface area (TPSA) is 50.7 Å². The van der Waals surface area contributed by atoms with Gasteiger partial charge in [-0.3, -0.25) is 4.79 Å². The first-order chi connectivity index (χ1) is 11.8. The van der Waals surface area contributed by atoms with E-state index in [1.807, 2.05) is 26.0 Å². The predicted molar refractivity (Wildman–Crippen MR) is 102 cm³/mol. The number of amides is 1. The lowest BCUT2D eigenvalue weighted by Crippen LogP contribution is -2.38. The van der Waals surface area contributed by atoms with Gasteiger partial charge in [0.25, 0.3) is 5.91 Å². The first-order valence-electron chi connectivity index (χ1n) is 9.36. The third-order valence-corrected chi connectivity index (χ3v) is 6.35. The van der Waals surface area contributed by atoms with E-state index in [1.165, 1.54) is 19.3 Å². The fraction of sp³-hybridized carbons (Fsp3) is 0.619. The highest BCUT2D eigenvalue weighted by Crippen LogP contribution is 2.61. The second-order valence-corrected chi connectivity index (χ2v) is 8.41. The van der Waals surface area contributed by atoms with Gasteiger partial charge < -0.3 is 10.2 Å². The first kappa shape index (κ1) is 18.0. The van der Waals surface area contributed by atoms with Gasteiger partial charge in [0.05, 0.1) is 5.71 Å². The van der Waals surface area contributed by atoms with Crippen molar-refractivity contribution in [1.29, 1.82) is 0 Å². The molecule has 0 saturated heterocycles. The Morgan fingerprint density at radius 1 is 1.28 bits per heavy atom. The summed E-state index contributed by atoms with van der Waals surface area (Å²) in [5.74, 6) is 0.537. The van der Waals surface area contributed by atoms with Crippen LogP contribution in [0.25, 0.3) is 0 Å². The summed E-state index contributed by atoms with van der Waals surface area (Å²) in [4.78, 5) is 17.7. The highest BCUT2D eigenvalue weighted by Gasteiger charge is 2.59. The summed E-state index contributed by atoms with van der Waals surface area (Å²) in [6.07, 6.45) is 4.75. The van der Waals surface area contributed by atoms with E-state index in [1.54, 1.807) is 0 Å². The van der Waals surface area contributed by atoms with Gasteiger partial charge in [-0.1, -0.05) is 32.0 Å². The van der Waals surface area contributed by atoms with E-state index in [-0.39, 0.29) is 23.3 Å². The summed E-state index contributed by atoms with van der Waals surface area (Å²) in [7, 11) is 0. The van der Waals surface area contributed by atoms with Crippen LogP contribution in [0.5, 0.6) is 0 Å². The molecule has 3 atom stereocenters. The van der Waals surface area contributed by atoms with Gasteiger partial charge in [0, 0.05) is 16.5 Å². The lowest BCUT2D eigenvalue weighted by Gasteiger charge is -2.36. The van der Waals surface area contributed by atoms with Crippen molar-refractivity contribution in [2.75, 3.05) is 11.9 Å². The molecular formula is C21H30N2O2. The maximum atomic E-state index is 12.2. The molecule has 2 aliphatic carbocycles. The fourth-order valence-electron chi connectivity index (χ4n) is 4.95. The standard InChI is InChI=1S/C21H30N2O2/c1-6-21(5)16-7-8-20(4,12-16)19(21)23-25-13-18(24)22-17-10-14(2)9-15(3)11-17/h9-11,16H,6-8,12-13H2,1-5H3,(H,22,24)/b23-19+/t16-,20+,21?/m1/s1. The zero-order valence-electron chi connectivity index (χ0n) is 16.1. The van der Waals surface area contributed by atoms with Crippen LogP contribution in [-0.2, 0) is 9.63 Å². The highest BCUT2D eigenvalue weighted by atomic mass is 16.6. The quantitative estimate of drug-likeness (QED) is 0.778. The molecule has 0 spiro atoms. The number of hydrogen-bond acceptors (Lipinski definition) is 3. The number of oxime groups is 1. The Morgan fingerprint density at radius 3 is 2.60 bits per heavy atom. The van der Waals surface area contributed by atoms with Gasteiger partial charge in [-0.2, -0.15) is 0 Å². The van der Waals surface area contributed by atoms with Gasteiger partial charge in [0.1, 0.15) is 0 Å². The van der Waals surface area contributed by atoms with Gasteiger partial charge in [-0.25, -0.2) is 0 Å². The van der Waals surface area contributed by atoms with Gasteiger partial charge in [0.2, 0.25) is 0 Å². The molecule has 1 aromatic rings. The van der Waals surface area contributed by atoms with Crippen molar-refractivity contribution in [1.82, 2.24) is 0 Å². The summed E-state index contributed by atoms with van der Waals surface area (Å²) < 4.78 is 0. The Labute approximate surface area is 151 Å². The number of aryl methyl sites for hydroxylation is 2. The number of carbonyl (C=O) groups is 1. The van der Waals surface area contributed by atoms with E-state index in [0.29, 0.717) is 5.92 Å². The Hall–Kier alpha value is -1.84. The number of rotatable bonds is 5. The van der Waals surface area contributed by atoms with Gasteiger partial charge >= 0.3 is 0 Å².